The molecule has 1 N–H and O–H groups in total. The Morgan fingerprint density at radius 2 is 1.76 bits per heavy atom. The van der Waals surface area contributed by atoms with Gasteiger partial charge in [-0.1, -0.05) is 30.3 Å². The minimum atomic E-state index is -0.0876. The van der Waals surface area contributed by atoms with E-state index in [0.717, 1.165) is 30.2 Å². The third kappa shape index (κ3) is 5.06. The van der Waals surface area contributed by atoms with Crippen LogP contribution in [0.15, 0.2) is 77.4 Å². The lowest BCUT2D eigenvalue weighted by Gasteiger charge is -2.26. The maximum absolute atomic E-state index is 12.6. The summed E-state index contributed by atoms with van der Waals surface area (Å²) in [5.41, 5.74) is 1.73. The molecule has 4 rings (SSSR count). The molecule has 1 saturated heterocycles. The van der Waals surface area contributed by atoms with Crippen LogP contribution >= 0.6 is 0 Å². The van der Waals surface area contributed by atoms with Crippen LogP contribution in [-0.2, 0) is 6.61 Å². The number of nitrogens with zero attached hydrogens (tertiary/aromatic N) is 1. The van der Waals surface area contributed by atoms with Crippen molar-refractivity contribution in [3.63, 3.8) is 0 Å². The first-order valence-electron chi connectivity index (χ1n) is 10.1. The summed E-state index contributed by atoms with van der Waals surface area (Å²) in [6, 6.07) is 21.2. The second kappa shape index (κ2) is 9.43. The number of amides is 1. The van der Waals surface area contributed by atoms with E-state index in [4.69, 9.17) is 9.15 Å². The molecule has 5 heteroatoms. The lowest BCUT2D eigenvalue weighted by atomic mass is 10.1. The van der Waals surface area contributed by atoms with Gasteiger partial charge in [0, 0.05) is 12.1 Å². The van der Waals surface area contributed by atoms with Gasteiger partial charge in [-0.25, -0.2) is 0 Å². The minimum absolute atomic E-state index is 0.0740. The van der Waals surface area contributed by atoms with Crippen LogP contribution in [0.2, 0.25) is 0 Å². The molecule has 5 nitrogen and oxygen atoms in total. The van der Waals surface area contributed by atoms with Crippen molar-refractivity contribution in [2.45, 2.75) is 25.5 Å². The quantitative estimate of drug-likeness (QED) is 0.618. The van der Waals surface area contributed by atoms with Gasteiger partial charge in [-0.05, 0) is 67.9 Å². The third-order valence-electron chi connectivity index (χ3n) is 5.27. The summed E-state index contributed by atoms with van der Waals surface area (Å²) in [5, 5.41) is 3.06. The highest BCUT2D eigenvalue weighted by Crippen LogP contribution is 2.25. The summed E-state index contributed by atoms with van der Waals surface area (Å²) < 4.78 is 11.4. The van der Waals surface area contributed by atoms with E-state index in [1.165, 1.54) is 12.8 Å². The van der Waals surface area contributed by atoms with Crippen LogP contribution in [0, 0.1) is 0 Å². The van der Waals surface area contributed by atoms with E-state index in [2.05, 4.69) is 10.2 Å². The summed E-state index contributed by atoms with van der Waals surface area (Å²) in [6.45, 7) is 3.11. The summed E-state index contributed by atoms with van der Waals surface area (Å²) >= 11 is 0. The number of carbonyl (C=O) groups excluding carboxylic acids is 1. The van der Waals surface area contributed by atoms with Crippen LogP contribution in [0.3, 0.4) is 0 Å². The lowest BCUT2D eigenvalue weighted by Crippen LogP contribution is -2.36. The smallest absolute Gasteiger partial charge is 0.251 e. The predicted molar refractivity (Wildman–Crippen MR) is 112 cm³/mol. The molecular weight excluding hydrogens is 364 g/mol. The average Bonchev–Trinajstić information content (AvgIpc) is 3.48. The molecule has 1 fully saturated rings. The van der Waals surface area contributed by atoms with Crippen molar-refractivity contribution in [2.24, 2.45) is 0 Å². The van der Waals surface area contributed by atoms with Gasteiger partial charge in [0.15, 0.2) is 0 Å². The molecule has 3 aromatic rings. The molecule has 0 radical (unpaired) electrons. The molecule has 0 saturated carbocycles. The Bertz CT molecular complexity index is 886. The van der Waals surface area contributed by atoms with Crippen molar-refractivity contribution in [2.75, 3.05) is 19.6 Å². The highest BCUT2D eigenvalue weighted by atomic mass is 16.5. The van der Waals surface area contributed by atoms with E-state index in [1.54, 1.807) is 18.4 Å². The number of ether oxygens (including phenoxy) is 1. The summed E-state index contributed by atoms with van der Waals surface area (Å²) in [5.74, 6) is 1.56. The lowest BCUT2D eigenvalue weighted by molar-refractivity contribution is 0.0933. The standard InChI is InChI=1S/C24H26N2O3/c27-24(25-17-22(23-9-6-16-28-23)26-14-4-5-15-26)20-10-12-21(13-11-20)29-18-19-7-2-1-3-8-19/h1-3,6-13,16,22H,4-5,14-15,17-18H2,(H,25,27)/t22-/m1/s1. The number of rotatable bonds is 8. The average molecular weight is 390 g/mol. The van der Waals surface area contributed by atoms with Gasteiger partial charge in [-0.2, -0.15) is 0 Å². The maximum Gasteiger partial charge on any atom is 0.251 e. The molecule has 29 heavy (non-hydrogen) atoms. The molecule has 0 aliphatic carbocycles. The van der Waals surface area contributed by atoms with E-state index < -0.39 is 0 Å². The molecule has 0 unspecified atom stereocenters. The fourth-order valence-electron chi connectivity index (χ4n) is 3.68. The monoisotopic (exact) mass is 390 g/mol. The number of hydrogen-bond acceptors (Lipinski definition) is 4. The first-order chi connectivity index (χ1) is 14.3. The van der Waals surface area contributed by atoms with Gasteiger partial charge in [0.1, 0.15) is 18.1 Å². The normalized spacial score (nSPS) is 15.2. The van der Waals surface area contributed by atoms with Crippen molar-refractivity contribution in [3.05, 3.63) is 89.9 Å². The number of carbonyl (C=O) groups is 1. The largest absolute Gasteiger partial charge is 0.489 e. The number of furan rings is 1. The van der Waals surface area contributed by atoms with Gasteiger partial charge >= 0.3 is 0 Å². The summed E-state index contributed by atoms with van der Waals surface area (Å²) in [7, 11) is 0. The predicted octanol–water partition coefficient (Wildman–Crippen LogP) is 4.43. The van der Waals surface area contributed by atoms with E-state index in [1.807, 2.05) is 54.6 Å². The van der Waals surface area contributed by atoms with Crippen LogP contribution in [0.1, 0.15) is 40.6 Å². The Morgan fingerprint density at radius 1 is 1.00 bits per heavy atom. The maximum atomic E-state index is 12.6. The Hall–Kier alpha value is -3.05. The number of nitrogens with one attached hydrogen (secondary N) is 1. The molecule has 1 aromatic heterocycles. The fourth-order valence-corrected chi connectivity index (χ4v) is 3.68. The number of likely N-dealkylation sites (tertiary alicyclic amines) is 1. The van der Waals surface area contributed by atoms with Crippen LogP contribution < -0.4 is 10.1 Å². The van der Waals surface area contributed by atoms with Crippen molar-refractivity contribution < 1.29 is 13.9 Å². The molecule has 150 valence electrons. The van der Waals surface area contributed by atoms with E-state index in [0.29, 0.717) is 18.7 Å². The van der Waals surface area contributed by atoms with Crippen LogP contribution in [-0.4, -0.2) is 30.4 Å². The molecule has 2 heterocycles. The molecule has 0 spiro atoms. The number of hydrogen-bond donors (Lipinski definition) is 1. The van der Waals surface area contributed by atoms with Gasteiger partial charge in [-0.3, -0.25) is 9.69 Å². The van der Waals surface area contributed by atoms with Gasteiger partial charge < -0.3 is 14.5 Å². The van der Waals surface area contributed by atoms with Gasteiger partial charge in [0.2, 0.25) is 0 Å². The zero-order chi connectivity index (χ0) is 19.9. The topological polar surface area (TPSA) is 54.7 Å². The number of benzene rings is 2. The Labute approximate surface area is 171 Å². The molecule has 1 amide bonds. The summed E-state index contributed by atoms with van der Waals surface area (Å²) in [6.07, 6.45) is 4.07. The molecular formula is C24H26N2O3. The second-order valence-electron chi connectivity index (χ2n) is 7.28. The van der Waals surface area contributed by atoms with E-state index >= 15 is 0 Å². The van der Waals surface area contributed by atoms with Gasteiger partial charge in [0.25, 0.3) is 5.91 Å². The Balaban J connectivity index is 1.33. The highest BCUT2D eigenvalue weighted by molar-refractivity contribution is 5.94. The van der Waals surface area contributed by atoms with Crippen molar-refractivity contribution >= 4 is 5.91 Å². The van der Waals surface area contributed by atoms with Crippen molar-refractivity contribution in [1.82, 2.24) is 10.2 Å². The second-order valence-corrected chi connectivity index (χ2v) is 7.28. The van der Waals surface area contributed by atoms with Crippen molar-refractivity contribution in [1.29, 1.82) is 0 Å². The van der Waals surface area contributed by atoms with Crippen LogP contribution in [0.25, 0.3) is 0 Å². The first kappa shape index (κ1) is 19.3. The molecule has 1 aliphatic heterocycles. The van der Waals surface area contributed by atoms with E-state index in [-0.39, 0.29) is 11.9 Å². The SMILES string of the molecule is O=C(NC[C@H](c1ccco1)N1CCCC1)c1ccc(OCc2ccccc2)cc1. The molecule has 2 aromatic carbocycles. The Kier molecular flexibility index (Phi) is 6.27. The molecule has 1 atom stereocenters. The van der Waals surface area contributed by atoms with Crippen LogP contribution in [0.4, 0.5) is 0 Å². The molecule has 0 bridgehead atoms. The zero-order valence-corrected chi connectivity index (χ0v) is 16.4. The third-order valence-corrected chi connectivity index (χ3v) is 5.27. The van der Waals surface area contributed by atoms with E-state index in [9.17, 15) is 4.79 Å². The zero-order valence-electron chi connectivity index (χ0n) is 16.4. The molecule has 1 aliphatic rings. The highest BCUT2D eigenvalue weighted by Gasteiger charge is 2.26. The summed E-state index contributed by atoms with van der Waals surface area (Å²) in [4.78, 5) is 15.0. The van der Waals surface area contributed by atoms with Gasteiger partial charge in [0.05, 0.1) is 12.3 Å². The first-order valence-corrected chi connectivity index (χ1v) is 10.1. The van der Waals surface area contributed by atoms with Crippen molar-refractivity contribution in [3.8, 4) is 5.75 Å². The minimum Gasteiger partial charge on any atom is -0.489 e. The van der Waals surface area contributed by atoms with Gasteiger partial charge in [-0.15, -0.1) is 0 Å². The fraction of sp³-hybridized carbons (Fsp3) is 0.292. The van der Waals surface area contributed by atoms with Crippen LogP contribution in [0.5, 0.6) is 5.75 Å². The Morgan fingerprint density at radius 3 is 2.45 bits per heavy atom.